The zero-order chi connectivity index (χ0) is 25.7. The number of nitrogens with one attached hydrogen (secondary N) is 2. The predicted octanol–water partition coefficient (Wildman–Crippen LogP) is 3.55. The minimum atomic E-state index is -1.07. The third-order valence-corrected chi connectivity index (χ3v) is 6.27. The van der Waals surface area contributed by atoms with Crippen LogP contribution in [0.3, 0.4) is 0 Å². The van der Waals surface area contributed by atoms with Crippen molar-refractivity contribution in [3.63, 3.8) is 0 Å². The van der Waals surface area contributed by atoms with Crippen LogP contribution in [0.2, 0.25) is 10.0 Å². The van der Waals surface area contributed by atoms with Gasteiger partial charge in [-0.1, -0.05) is 42.3 Å². The molecule has 0 saturated heterocycles. The SMILES string of the molecule is CCCNC(=O)COc1cc2c(cc(C(=O)N[C@H](CO)c3ccc(C(=O)O)cc3)n2C)c(Cl)c1Cl. The lowest BCUT2D eigenvalue weighted by atomic mass is 10.1. The van der Waals surface area contributed by atoms with Crippen molar-refractivity contribution in [1.29, 1.82) is 0 Å². The molecule has 3 rings (SSSR count). The number of amides is 2. The van der Waals surface area contributed by atoms with Gasteiger partial charge in [-0.2, -0.15) is 0 Å². The van der Waals surface area contributed by atoms with Crippen LogP contribution in [-0.2, 0) is 11.8 Å². The van der Waals surface area contributed by atoms with E-state index in [0.29, 0.717) is 23.0 Å². The third kappa shape index (κ3) is 5.87. The number of aromatic carboxylic acids is 1. The first-order valence-corrected chi connectivity index (χ1v) is 11.5. The summed E-state index contributed by atoms with van der Waals surface area (Å²) >= 11 is 12.8. The van der Waals surface area contributed by atoms with Crippen LogP contribution >= 0.6 is 23.2 Å². The number of rotatable bonds is 10. The maximum atomic E-state index is 13.1. The number of carboxylic acid groups (broad SMARTS) is 1. The number of hydrogen-bond donors (Lipinski definition) is 4. The summed E-state index contributed by atoms with van der Waals surface area (Å²) in [5.41, 5.74) is 1.44. The Balaban J connectivity index is 1.85. The van der Waals surface area contributed by atoms with Gasteiger partial charge in [-0.3, -0.25) is 9.59 Å². The van der Waals surface area contributed by atoms with E-state index >= 15 is 0 Å². The molecule has 1 atom stereocenters. The molecule has 0 radical (unpaired) electrons. The van der Waals surface area contributed by atoms with Crippen molar-refractivity contribution in [2.75, 3.05) is 19.8 Å². The van der Waals surface area contributed by atoms with E-state index in [2.05, 4.69) is 10.6 Å². The summed E-state index contributed by atoms with van der Waals surface area (Å²) in [5, 5.41) is 25.1. The number of nitrogens with zero attached hydrogens (tertiary/aromatic N) is 1. The number of aliphatic hydroxyl groups excluding tert-OH is 1. The molecule has 2 aromatic carbocycles. The number of hydrogen-bond acceptors (Lipinski definition) is 5. The molecule has 3 aromatic rings. The molecule has 2 amide bonds. The van der Waals surface area contributed by atoms with Crippen molar-refractivity contribution in [2.45, 2.75) is 19.4 Å². The van der Waals surface area contributed by atoms with Gasteiger partial charge < -0.3 is 30.2 Å². The Morgan fingerprint density at radius 2 is 1.80 bits per heavy atom. The first-order valence-electron chi connectivity index (χ1n) is 10.8. The van der Waals surface area contributed by atoms with Crippen molar-refractivity contribution < 1.29 is 29.3 Å². The second kappa shape index (κ2) is 11.4. The summed E-state index contributed by atoms with van der Waals surface area (Å²) < 4.78 is 7.15. The third-order valence-electron chi connectivity index (χ3n) is 5.40. The normalized spacial score (nSPS) is 11.8. The molecule has 1 aromatic heterocycles. The summed E-state index contributed by atoms with van der Waals surface area (Å²) in [6, 6.07) is 8.26. The average Bonchev–Trinajstić information content (AvgIpc) is 3.18. The number of aromatic nitrogens is 1. The highest BCUT2D eigenvalue weighted by atomic mass is 35.5. The fourth-order valence-corrected chi connectivity index (χ4v) is 3.94. The Morgan fingerprint density at radius 1 is 1.11 bits per heavy atom. The number of carbonyl (C=O) groups excluding carboxylic acids is 2. The van der Waals surface area contributed by atoms with Gasteiger partial charge in [0.15, 0.2) is 6.61 Å². The van der Waals surface area contributed by atoms with Crippen LogP contribution in [0, 0.1) is 0 Å². The Hall–Kier alpha value is -3.27. The molecule has 4 N–H and O–H groups in total. The van der Waals surface area contributed by atoms with Gasteiger partial charge >= 0.3 is 5.97 Å². The summed E-state index contributed by atoms with van der Waals surface area (Å²) in [4.78, 5) is 36.0. The fourth-order valence-electron chi connectivity index (χ4n) is 3.49. The van der Waals surface area contributed by atoms with E-state index in [1.165, 1.54) is 24.3 Å². The highest BCUT2D eigenvalue weighted by Crippen LogP contribution is 2.39. The van der Waals surface area contributed by atoms with E-state index in [-0.39, 0.29) is 39.6 Å². The molecule has 11 heteroatoms. The maximum absolute atomic E-state index is 13.1. The number of benzene rings is 2. The van der Waals surface area contributed by atoms with Crippen LogP contribution in [0.25, 0.3) is 10.9 Å². The van der Waals surface area contributed by atoms with Gasteiger partial charge in [0.05, 0.1) is 28.8 Å². The highest BCUT2D eigenvalue weighted by molar-refractivity contribution is 6.46. The minimum absolute atomic E-state index is 0.0952. The van der Waals surface area contributed by atoms with Crippen LogP contribution in [0.1, 0.15) is 45.8 Å². The number of aliphatic hydroxyl groups is 1. The molecule has 0 spiro atoms. The number of aryl methyl sites for hydroxylation is 1. The lowest BCUT2D eigenvalue weighted by Gasteiger charge is -2.17. The van der Waals surface area contributed by atoms with Gasteiger partial charge in [-0.15, -0.1) is 0 Å². The lowest BCUT2D eigenvalue weighted by Crippen LogP contribution is -2.32. The summed E-state index contributed by atoms with van der Waals surface area (Å²) in [6.07, 6.45) is 0.795. The molecule has 0 saturated carbocycles. The topological polar surface area (TPSA) is 130 Å². The van der Waals surface area contributed by atoms with Crippen LogP contribution in [0.15, 0.2) is 36.4 Å². The first-order chi connectivity index (χ1) is 16.7. The van der Waals surface area contributed by atoms with E-state index in [1.54, 1.807) is 23.7 Å². The van der Waals surface area contributed by atoms with Gasteiger partial charge in [0.25, 0.3) is 11.8 Å². The number of carboxylic acids is 1. The van der Waals surface area contributed by atoms with E-state index in [4.69, 9.17) is 33.0 Å². The molecule has 0 aliphatic carbocycles. The van der Waals surface area contributed by atoms with E-state index in [1.807, 2.05) is 6.92 Å². The molecule has 0 bridgehead atoms. The average molecular weight is 522 g/mol. The number of carbonyl (C=O) groups is 3. The van der Waals surface area contributed by atoms with E-state index in [0.717, 1.165) is 6.42 Å². The molecular weight excluding hydrogens is 497 g/mol. The first kappa shape index (κ1) is 26.3. The quantitative estimate of drug-likeness (QED) is 0.322. The van der Waals surface area contributed by atoms with Crippen LogP contribution in [0.5, 0.6) is 5.75 Å². The molecule has 1 heterocycles. The van der Waals surface area contributed by atoms with Crippen LogP contribution in [0.4, 0.5) is 0 Å². The molecular formula is C24H25Cl2N3O6. The number of halogens is 2. The van der Waals surface area contributed by atoms with Gasteiger partial charge in [0.1, 0.15) is 16.5 Å². The predicted molar refractivity (Wildman–Crippen MR) is 132 cm³/mol. The van der Waals surface area contributed by atoms with Gasteiger partial charge in [0.2, 0.25) is 0 Å². The molecule has 35 heavy (non-hydrogen) atoms. The van der Waals surface area contributed by atoms with Gasteiger partial charge in [-0.25, -0.2) is 4.79 Å². The number of fused-ring (bicyclic) bond motifs is 1. The standard InChI is InChI=1S/C24H25Cl2N3O6/c1-3-8-27-20(31)12-35-19-10-17-15(21(25)22(19)26)9-18(29(17)2)23(32)28-16(11-30)13-4-6-14(7-5-13)24(33)34/h4-7,9-10,16,30H,3,8,11-12H2,1-2H3,(H,27,31)(H,28,32)(H,33,34)/t16-/m1/s1. The fraction of sp³-hybridized carbons (Fsp3) is 0.292. The Labute approximate surface area is 211 Å². The monoisotopic (exact) mass is 521 g/mol. The Morgan fingerprint density at radius 3 is 2.40 bits per heavy atom. The van der Waals surface area contributed by atoms with Crippen molar-refractivity contribution in [1.82, 2.24) is 15.2 Å². The molecule has 0 aliphatic heterocycles. The zero-order valence-electron chi connectivity index (χ0n) is 19.1. The van der Waals surface area contributed by atoms with Crippen molar-refractivity contribution in [3.05, 3.63) is 63.3 Å². The zero-order valence-corrected chi connectivity index (χ0v) is 20.6. The Kier molecular flexibility index (Phi) is 8.61. The summed E-state index contributed by atoms with van der Waals surface area (Å²) in [7, 11) is 1.66. The molecule has 0 fully saturated rings. The Bertz CT molecular complexity index is 1260. The number of ether oxygens (including phenoxy) is 1. The molecule has 0 aliphatic rings. The molecule has 186 valence electrons. The van der Waals surface area contributed by atoms with Crippen LogP contribution in [-0.4, -0.2) is 52.3 Å². The van der Waals surface area contributed by atoms with E-state index in [9.17, 15) is 19.5 Å². The van der Waals surface area contributed by atoms with Crippen molar-refractivity contribution >= 4 is 51.9 Å². The summed E-state index contributed by atoms with van der Waals surface area (Å²) in [6.45, 7) is 1.84. The second-order valence-corrected chi connectivity index (χ2v) is 8.55. The molecule has 9 nitrogen and oxygen atoms in total. The smallest absolute Gasteiger partial charge is 0.335 e. The summed E-state index contributed by atoms with van der Waals surface area (Å²) in [5.74, 6) is -1.65. The van der Waals surface area contributed by atoms with Gasteiger partial charge in [0, 0.05) is 25.0 Å². The lowest BCUT2D eigenvalue weighted by molar-refractivity contribution is -0.123. The maximum Gasteiger partial charge on any atom is 0.335 e. The molecule has 0 unspecified atom stereocenters. The largest absolute Gasteiger partial charge is 0.482 e. The van der Waals surface area contributed by atoms with Gasteiger partial charge in [-0.05, 0) is 30.2 Å². The second-order valence-electron chi connectivity index (χ2n) is 7.80. The highest BCUT2D eigenvalue weighted by Gasteiger charge is 2.22. The van der Waals surface area contributed by atoms with E-state index < -0.39 is 24.5 Å². The van der Waals surface area contributed by atoms with Crippen LogP contribution < -0.4 is 15.4 Å². The minimum Gasteiger partial charge on any atom is -0.482 e. The van der Waals surface area contributed by atoms with Crippen molar-refractivity contribution in [3.8, 4) is 5.75 Å². The van der Waals surface area contributed by atoms with Crippen molar-refractivity contribution in [2.24, 2.45) is 7.05 Å².